The summed E-state index contributed by atoms with van der Waals surface area (Å²) in [5.41, 5.74) is -0.172. The van der Waals surface area contributed by atoms with Gasteiger partial charge in [0.05, 0.1) is 11.6 Å². The number of nitriles is 1. The average Bonchev–Trinajstić information content (AvgIpc) is 2.70. The second-order valence-corrected chi connectivity index (χ2v) is 5.60. The van der Waals surface area contributed by atoms with Crippen molar-refractivity contribution in [3.05, 3.63) is 57.9 Å². The molecule has 0 bridgehead atoms. The monoisotopic (exact) mass is 339 g/mol. The van der Waals surface area contributed by atoms with Crippen LogP contribution in [-0.2, 0) is 6.42 Å². The van der Waals surface area contributed by atoms with Gasteiger partial charge in [0.15, 0.2) is 0 Å². The highest BCUT2D eigenvalue weighted by Gasteiger charge is 2.49. The van der Waals surface area contributed by atoms with Gasteiger partial charge in [0, 0.05) is 28.6 Å². The number of aliphatic hydroxyl groups excluding tert-OH is 1. The number of benzene rings is 2. The van der Waals surface area contributed by atoms with Crippen molar-refractivity contribution in [2.75, 3.05) is 0 Å². The van der Waals surface area contributed by atoms with E-state index in [1.807, 2.05) is 0 Å². The highest BCUT2D eigenvalue weighted by Crippen LogP contribution is 2.48. The third kappa shape index (κ3) is 2.74. The van der Waals surface area contributed by atoms with Gasteiger partial charge in [-0.05, 0) is 24.3 Å². The normalized spacial score (nSPS) is 18.3. The summed E-state index contributed by atoms with van der Waals surface area (Å²) in [6.45, 7) is 0. The highest BCUT2D eigenvalue weighted by molar-refractivity contribution is 6.30. The molecule has 1 atom stereocenters. The number of alkyl halides is 2. The van der Waals surface area contributed by atoms with E-state index in [0.717, 1.165) is 12.1 Å². The summed E-state index contributed by atoms with van der Waals surface area (Å²) in [4.78, 5) is 0. The molecule has 0 spiro atoms. The predicted molar refractivity (Wildman–Crippen MR) is 76.3 cm³/mol. The molecule has 0 saturated heterocycles. The molecule has 0 fully saturated rings. The van der Waals surface area contributed by atoms with E-state index in [1.54, 1.807) is 6.07 Å². The second-order valence-electron chi connectivity index (χ2n) is 5.16. The molecule has 23 heavy (non-hydrogen) atoms. The molecule has 0 amide bonds. The lowest BCUT2D eigenvalue weighted by Gasteiger charge is -2.13. The van der Waals surface area contributed by atoms with E-state index in [-0.39, 0.29) is 33.2 Å². The molecule has 0 radical (unpaired) electrons. The van der Waals surface area contributed by atoms with Crippen LogP contribution in [-0.4, -0.2) is 11.0 Å². The predicted octanol–water partition coefficient (Wildman–Crippen LogP) is 4.37. The molecule has 0 unspecified atom stereocenters. The maximum Gasteiger partial charge on any atom is 0.281 e. The summed E-state index contributed by atoms with van der Waals surface area (Å²) in [5.74, 6) is -3.97. The minimum Gasteiger partial charge on any atom is -0.457 e. The van der Waals surface area contributed by atoms with Crippen molar-refractivity contribution in [3.8, 4) is 17.6 Å². The Hall–Kier alpha value is -2.23. The van der Waals surface area contributed by atoms with Gasteiger partial charge in [0.1, 0.15) is 23.4 Å². The lowest BCUT2D eigenvalue weighted by molar-refractivity contribution is -0.0969. The number of fused-ring (bicyclic) bond motifs is 1. The second kappa shape index (κ2) is 5.44. The van der Waals surface area contributed by atoms with Gasteiger partial charge in [-0.2, -0.15) is 5.26 Å². The van der Waals surface area contributed by atoms with Crippen molar-refractivity contribution >= 4 is 11.6 Å². The van der Waals surface area contributed by atoms with Crippen molar-refractivity contribution in [1.82, 2.24) is 0 Å². The Balaban J connectivity index is 2.08. The number of ether oxygens (including phenoxy) is 1. The van der Waals surface area contributed by atoms with Gasteiger partial charge in [-0.3, -0.25) is 0 Å². The minimum absolute atomic E-state index is 0.0249. The van der Waals surface area contributed by atoms with Crippen LogP contribution in [0.5, 0.6) is 11.5 Å². The number of aliphatic hydroxyl groups is 1. The molecule has 0 saturated carbocycles. The Labute approximate surface area is 134 Å². The molecule has 1 aliphatic rings. The van der Waals surface area contributed by atoms with Crippen LogP contribution in [0.2, 0.25) is 5.02 Å². The zero-order chi connectivity index (χ0) is 16.8. The van der Waals surface area contributed by atoms with Gasteiger partial charge in [0.25, 0.3) is 5.92 Å². The number of halogens is 4. The van der Waals surface area contributed by atoms with E-state index in [9.17, 15) is 18.3 Å². The van der Waals surface area contributed by atoms with Crippen molar-refractivity contribution in [3.63, 3.8) is 0 Å². The maximum atomic E-state index is 13.8. The molecule has 2 aromatic rings. The van der Waals surface area contributed by atoms with Crippen molar-refractivity contribution in [2.45, 2.75) is 18.4 Å². The number of nitrogens with zero attached hydrogens (tertiary/aromatic N) is 1. The summed E-state index contributed by atoms with van der Waals surface area (Å²) in [6, 6.07) is 7.86. The molecule has 3 nitrogen and oxygen atoms in total. The molecule has 7 heteroatoms. The highest BCUT2D eigenvalue weighted by atomic mass is 35.5. The van der Waals surface area contributed by atoms with E-state index in [4.69, 9.17) is 21.6 Å². The Morgan fingerprint density at radius 2 is 2.04 bits per heavy atom. The van der Waals surface area contributed by atoms with E-state index in [0.29, 0.717) is 0 Å². The maximum absolute atomic E-state index is 13.8. The van der Waals surface area contributed by atoms with Crippen LogP contribution in [0.15, 0.2) is 30.3 Å². The van der Waals surface area contributed by atoms with Crippen LogP contribution in [0.25, 0.3) is 0 Å². The third-order valence-corrected chi connectivity index (χ3v) is 3.80. The average molecular weight is 340 g/mol. The summed E-state index contributed by atoms with van der Waals surface area (Å²) < 4.78 is 46.4. The summed E-state index contributed by atoms with van der Waals surface area (Å²) in [5, 5.41) is 18.9. The number of rotatable bonds is 2. The fourth-order valence-electron chi connectivity index (χ4n) is 2.59. The van der Waals surface area contributed by atoms with E-state index < -0.39 is 24.3 Å². The minimum atomic E-state index is -3.40. The molecular weight excluding hydrogens is 331 g/mol. The van der Waals surface area contributed by atoms with Crippen molar-refractivity contribution < 1.29 is 23.0 Å². The zero-order valence-corrected chi connectivity index (χ0v) is 12.2. The number of hydrogen-bond donors (Lipinski definition) is 1. The molecular formula is C16H9ClF3NO2. The van der Waals surface area contributed by atoms with Crippen LogP contribution < -0.4 is 4.74 Å². The molecule has 0 aliphatic heterocycles. The lowest BCUT2D eigenvalue weighted by atomic mass is 10.0. The van der Waals surface area contributed by atoms with Crippen molar-refractivity contribution in [1.29, 1.82) is 5.26 Å². The van der Waals surface area contributed by atoms with Gasteiger partial charge >= 0.3 is 0 Å². The quantitative estimate of drug-likeness (QED) is 0.884. The third-order valence-electron chi connectivity index (χ3n) is 3.58. The van der Waals surface area contributed by atoms with Crippen LogP contribution in [0.3, 0.4) is 0 Å². The van der Waals surface area contributed by atoms with Gasteiger partial charge < -0.3 is 9.84 Å². The Morgan fingerprint density at radius 3 is 2.70 bits per heavy atom. The largest absolute Gasteiger partial charge is 0.457 e. The van der Waals surface area contributed by atoms with Gasteiger partial charge in [-0.15, -0.1) is 0 Å². The molecule has 0 aromatic heterocycles. The standard InChI is InChI=1S/C16H9ClF3NO2/c17-9-3-10(18)5-11(4-9)23-13-2-1-8(7-21)14-12(13)6-16(19,20)15(14)22/h1-5,15,22H,6H2/t15-/m0/s1. The van der Waals surface area contributed by atoms with Gasteiger partial charge in [0.2, 0.25) is 0 Å². The molecule has 1 aliphatic carbocycles. The lowest BCUT2D eigenvalue weighted by Crippen LogP contribution is -2.21. The van der Waals surface area contributed by atoms with Gasteiger partial charge in [-0.25, -0.2) is 13.2 Å². The summed E-state index contributed by atoms with van der Waals surface area (Å²) >= 11 is 5.73. The fraction of sp³-hybridized carbons (Fsp3) is 0.188. The SMILES string of the molecule is N#Cc1ccc(Oc2cc(F)cc(Cl)c2)c2c1[C@H](O)C(F)(F)C2. The molecule has 0 heterocycles. The van der Waals surface area contributed by atoms with Crippen LogP contribution in [0, 0.1) is 17.1 Å². The fourth-order valence-corrected chi connectivity index (χ4v) is 2.80. The first-order chi connectivity index (χ1) is 10.8. The van der Waals surface area contributed by atoms with E-state index >= 15 is 0 Å². The first-order valence-corrected chi connectivity index (χ1v) is 6.95. The first-order valence-electron chi connectivity index (χ1n) is 6.57. The Kier molecular flexibility index (Phi) is 3.71. The molecule has 1 N–H and O–H groups in total. The topological polar surface area (TPSA) is 53.2 Å². The van der Waals surface area contributed by atoms with E-state index in [2.05, 4.69) is 0 Å². The summed E-state index contributed by atoms with van der Waals surface area (Å²) in [7, 11) is 0. The van der Waals surface area contributed by atoms with Crippen LogP contribution in [0.4, 0.5) is 13.2 Å². The Morgan fingerprint density at radius 1 is 1.30 bits per heavy atom. The smallest absolute Gasteiger partial charge is 0.281 e. The van der Waals surface area contributed by atoms with Crippen molar-refractivity contribution in [2.24, 2.45) is 0 Å². The van der Waals surface area contributed by atoms with Crippen LogP contribution in [0.1, 0.15) is 22.8 Å². The molecule has 3 rings (SSSR count). The zero-order valence-electron chi connectivity index (χ0n) is 11.5. The molecule has 2 aromatic carbocycles. The first kappa shape index (κ1) is 15.7. The Bertz CT molecular complexity index is 813. The molecule has 118 valence electrons. The summed E-state index contributed by atoms with van der Waals surface area (Å²) in [6.07, 6.45) is -2.84. The van der Waals surface area contributed by atoms with E-state index in [1.165, 1.54) is 18.2 Å². The number of hydrogen-bond acceptors (Lipinski definition) is 3. The van der Waals surface area contributed by atoms with Crippen LogP contribution >= 0.6 is 11.6 Å². The van der Waals surface area contributed by atoms with Gasteiger partial charge in [-0.1, -0.05) is 11.6 Å².